The average Bonchev–Trinajstić information content (AvgIpc) is 2.76. The number of benzene rings is 2. The van der Waals surface area contributed by atoms with E-state index in [1.54, 1.807) is 0 Å². The summed E-state index contributed by atoms with van der Waals surface area (Å²) in [4.78, 5) is 5.18. The maximum atomic E-state index is 6.38. The van der Waals surface area contributed by atoms with E-state index in [0.29, 0.717) is 0 Å². The van der Waals surface area contributed by atoms with Crippen LogP contribution in [0.1, 0.15) is 49.8 Å². The normalized spacial score (nSPS) is 15.9. The molecule has 152 valence electrons. The Balaban J connectivity index is 1.43. The fourth-order valence-electron chi connectivity index (χ4n) is 3.94. The Morgan fingerprint density at radius 3 is 1.79 bits per heavy atom. The number of rotatable bonds is 11. The van der Waals surface area contributed by atoms with Crippen LogP contribution in [0.3, 0.4) is 0 Å². The van der Waals surface area contributed by atoms with E-state index in [1.807, 2.05) is 0 Å². The van der Waals surface area contributed by atoms with Gasteiger partial charge in [0.25, 0.3) is 0 Å². The van der Waals surface area contributed by atoms with Crippen LogP contribution in [0.4, 0.5) is 0 Å². The molecule has 1 saturated heterocycles. The second-order valence-corrected chi connectivity index (χ2v) is 7.82. The largest absolute Gasteiger partial charge is 0.367 e. The Labute approximate surface area is 171 Å². The van der Waals surface area contributed by atoms with Gasteiger partial charge in [0.2, 0.25) is 0 Å². The summed E-state index contributed by atoms with van der Waals surface area (Å²) in [6, 6.07) is 21.1. The molecule has 1 heterocycles. The van der Waals surface area contributed by atoms with Crippen molar-refractivity contribution in [3.8, 4) is 0 Å². The number of piperazine rings is 1. The molecule has 28 heavy (non-hydrogen) atoms. The molecule has 3 nitrogen and oxygen atoms in total. The molecule has 3 heteroatoms. The van der Waals surface area contributed by atoms with E-state index in [2.05, 4.69) is 77.4 Å². The van der Waals surface area contributed by atoms with Crippen LogP contribution in [0.15, 0.2) is 60.7 Å². The molecule has 0 bridgehead atoms. The molecule has 2 aromatic carbocycles. The molecule has 0 atom stereocenters. The Morgan fingerprint density at radius 1 is 0.714 bits per heavy atom. The van der Waals surface area contributed by atoms with E-state index in [0.717, 1.165) is 13.2 Å². The molecular weight excluding hydrogens is 344 g/mol. The lowest BCUT2D eigenvalue weighted by Crippen LogP contribution is -2.47. The molecule has 0 saturated carbocycles. The van der Waals surface area contributed by atoms with Crippen LogP contribution in [-0.4, -0.2) is 55.7 Å². The highest BCUT2D eigenvalue weighted by Crippen LogP contribution is 2.25. The van der Waals surface area contributed by atoms with Crippen LogP contribution < -0.4 is 0 Å². The number of nitrogens with zero attached hydrogens (tertiary/aromatic N) is 2. The standard InChI is InChI=1S/C25H36N2O/c1-2-3-4-11-16-26-17-19-27(20-18-26)21-22-28-25(23-12-7-5-8-13-23)24-14-9-6-10-15-24/h5-10,12-15,25H,2-4,11,16-22H2,1H3. The zero-order valence-electron chi connectivity index (χ0n) is 17.4. The van der Waals surface area contributed by atoms with Crippen molar-refractivity contribution >= 4 is 0 Å². The first kappa shape index (κ1) is 21.0. The summed E-state index contributed by atoms with van der Waals surface area (Å²) in [6.45, 7) is 10.1. The summed E-state index contributed by atoms with van der Waals surface area (Å²) in [5.41, 5.74) is 2.45. The van der Waals surface area contributed by atoms with Gasteiger partial charge in [0.05, 0.1) is 6.61 Å². The smallest absolute Gasteiger partial charge is 0.108 e. The van der Waals surface area contributed by atoms with Crippen LogP contribution >= 0.6 is 0 Å². The van der Waals surface area contributed by atoms with E-state index in [4.69, 9.17) is 4.74 Å². The number of ether oxygens (including phenoxy) is 1. The SMILES string of the molecule is CCCCCCN1CCN(CCOC(c2ccccc2)c2ccccc2)CC1. The number of unbranched alkanes of at least 4 members (excludes halogenated alkanes) is 3. The molecule has 0 unspecified atom stereocenters. The average molecular weight is 381 g/mol. The second kappa shape index (κ2) is 12.0. The third-order valence-electron chi connectivity index (χ3n) is 5.69. The first-order valence-corrected chi connectivity index (χ1v) is 11.0. The second-order valence-electron chi connectivity index (χ2n) is 7.82. The minimum atomic E-state index is 0.0160. The highest BCUT2D eigenvalue weighted by atomic mass is 16.5. The summed E-state index contributed by atoms with van der Waals surface area (Å²) in [7, 11) is 0. The lowest BCUT2D eigenvalue weighted by Gasteiger charge is -2.35. The molecule has 2 aromatic rings. The van der Waals surface area contributed by atoms with Crippen molar-refractivity contribution in [1.82, 2.24) is 9.80 Å². The molecule has 0 radical (unpaired) electrons. The maximum Gasteiger partial charge on any atom is 0.108 e. The van der Waals surface area contributed by atoms with Crippen molar-refractivity contribution in [2.75, 3.05) is 45.9 Å². The zero-order chi connectivity index (χ0) is 19.4. The first-order chi connectivity index (χ1) is 13.9. The Morgan fingerprint density at radius 2 is 1.25 bits per heavy atom. The van der Waals surface area contributed by atoms with Crippen molar-refractivity contribution in [2.45, 2.75) is 38.7 Å². The van der Waals surface area contributed by atoms with Crippen molar-refractivity contribution < 1.29 is 4.74 Å². The number of hydrogen-bond donors (Lipinski definition) is 0. The van der Waals surface area contributed by atoms with Gasteiger partial charge in [0.1, 0.15) is 6.10 Å². The van der Waals surface area contributed by atoms with Crippen LogP contribution in [-0.2, 0) is 4.74 Å². The Hall–Kier alpha value is -1.68. The van der Waals surface area contributed by atoms with E-state index >= 15 is 0 Å². The highest BCUT2D eigenvalue weighted by Gasteiger charge is 2.18. The molecular formula is C25H36N2O. The minimum Gasteiger partial charge on any atom is -0.367 e. The fraction of sp³-hybridized carbons (Fsp3) is 0.520. The summed E-state index contributed by atoms with van der Waals surface area (Å²) in [5.74, 6) is 0. The van der Waals surface area contributed by atoms with Crippen molar-refractivity contribution in [3.05, 3.63) is 71.8 Å². The predicted octanol–water partition coefficient (Wildman–Crippen LogP) is 4.99. The molecule has 0 aromatic heterocycles. The van der Waals surface area contributed by atoms with Crippen molar-refractivity contribution in [2.24, 2.45) is 0 Å². The van der Waals surface area contributed by atoms with E-state index in [-0.39, 0.29) is 6.10 Å². The van der Waals surface area contributed by atoms with Gasteiger partial charge < -0.3 is 9.64 Å². The van der Waals surface area contributed by atoms with Gasteiger partial charge in [-0.1, -0.05) is 86.8 Å². The van der Waals surface area contributed by atoms with E-state index in [1.165, 1.54) is 69.5 Å². The van der Waals surface area contributed by atoms with Crippen molar-refractivity contribution in [1.29, 1.82) is 0 Å². The third kappa shape index (κ3) is 6.73. The van der Waals surface area contributed by atoms with Gasteiger partial charge in [-0.2, -0.15) is 0 Å². The predicted molar refractivity (Wildman–Crippen MR) is 118 cm³/mol. The van der Waals surface area contributed by atoms with Crippen molar-refractivity contribution in [3.63, 3.8) is 0 Å². The van der Waals surface area contributed by atoms with Gasteiger partial charge in [-0.3, -0.25) is 4.90 Å². The molecule has 0 aliphatic carbocycles. The van der Waals surface area contributed by atoms with E-state index in [9.17, 15) is 0 Å². The summed E-state index contributed by atoms with van der Waals surface area (Å²) < 4.78 is 6.38. The Bertz CT molecular complexity index is 599. The summed E-state index contributed by atoms with van der Waals surface area (Å²) in [5, 5.41) is 0. The first-order valence-electron chi connectivity index (χ1n) is 11.0. The summed E-state index contributed by atoms with van der Waals surface area (Å²) in [6.07, 6.45) is 5.45. The fourth-order valence-corrected chi connectivity index (χ4v) is 3.94. The maximum absolute atomic E-state index is 6.38. The van der Waals surface area contributed by atoms with Crippen LogP contribution in [0.2, 0.25) is 0 Å². The molecule has 1 aliphatic rings. The molecule has 0 N–H and O–H groups in total. The van der Waals surface area contributed by atoms with Crippen LogP contribution in [0.25, 0.3) is 0 Å². The molecule has 1 fully saturated rings. The van der Waals surface area contributed by atoms with E-state index < -0.39 is 0 Å². The minimum absolute atomic E-state index is 0.0160. The van der Waals surface area contributed by atoms with Gasteiger partial charge in [0.15, 0.2) is 0 Å². The highest BCUT2D eigenvalue weighted by molar-refractivity contribution is 5.29. The van der Waals surface area contributed by atoms with Gasteiger partial charge in [-0.05, 0) is 24.1 Å². The quantitative estimate of drug-likeness (QED) is 0.511. The van der Waals surface area contributed by atoms with Gasteiger partial charge >= 0.3 is 0 Å². The van der Waals surface area contributed by atoms with Gasteiger partial charge in [-0.15, -0.1) is 0 Å². The lowest BCUT2D eigenvalue weighted by atomic mass is 10.0. The van der Waals surface area contributed by atoms with Crippen LogP contribution in [0, 0.1) is 0 Å². The molecule has 3 rings (SSSR count). The monoisotopic (exact) mass is 380 g/mol. The van der Waals surface area contributed by atoms with Gasteiger partial charge in [0, 0.05) is 32.7 Å². The molecule has 0 amide bonds. The zero-order valence-corrected chi connectivity index (χ0v) is 17.4. The lowest BCUT2D eigenvalue weighted by molar-refractivity contribution is 0.0450. The van der Waals surface area contributed by atoms with Crippen LogP contribution in [0.5, 0.6) is 0 Å². The topological polar surface area (TPSA) is 15.7 Å². The van der Waals surface area contributed by atoms with Gasteiger partial charge in [-0.25, -0.2) is 0 Å². The Kier molecular flexibility index (Phi) is 9.02. The molecule has 1 aliphatic heterocycles. The summed E-state index contributed by atoms with van der Waals surface area (Å²) >= 11 is 0. The molecule has 0 spiro atoms. The third-order valence-corrected chi connectivity index (χ3v) is 5.69. The number of hydrogen-bond acceptors (Lipinski definition) is 3.